The third-order valence-corrected chi connectivity index (χ3v) is 2.82. The molecule has 0 saturated heterocycles. The van der Waals surface area contributed by atoms with E-state index in [9.17, 15) is 5.11 Å². The molecule has 1 aromatic rings. The lowest BCUT2D eigenvalue weighted by molar-refractivity contribution is 0.258. The van der Waals surface area contributed by atoms with Gasteiger partial charge in [-0.15, -0.1) is 0 Å². The van der Waals surface area contributed by atoms with Gasteiger partial charge in [0.2, 0.25) is 0 Å². The van der Waals surface area contributed by atoms with Gasteiger partial charge in [0.15, 0.2) is 0 Å². The van der Waals surface area contributed by atoms with Gasteiger partial charge in [0.25, 0.3) is 0 Å². The van der Waals surface area contributed by atoms with Crippen LogP contribution >= 0.6 is 23.2 Å². The van der Waals surface area contributed by atoms with Gasteiger partial charge in [-0.2, -0.15) is 0 Å². The van der Waals surface area contributed by atoms with Crippen LogP contribution in [-0.2, 0) is 0 Å². The number of hydrogen-bond acceptors (Lipinski definition) is 1. The second kappa shape index (κ2) is 5.59. The van der Waals surface area contributed by atoms with Crippen LogP contribution in [0.1, 0.15) is 31.2 Å². The third kappa shape index (κ3) is 2.88. The molecule has 1 nitrogen and oxygen atoms in total. The van der Waals surface area contributed by atoms with Crippen molar-refractivity contribution in [2.24, 2.45) is 0 Å². The molecule has 0 radical (unpaired) electrons. The minimum Gasteiger partial charge on any atom is -0.396 e. The summed E-state index contributed by atoms with van der Waals surface area (Å²) in [6.45, 7) is 2.22. The molecule has 0 saturated carbocycles. The maximum Gasteiger partial charge on any atom is 0.0500 e. The maximum absolute atomic E-state index is 9.21. The lowest BCUT2D eigenvalue weighted by atomic mass is 9.95. The summed E-state index contributed by atoms with van der Waals surface area (Å²) < 4.78 is 0. The predicted octanol–water partition coefficient (Wildman–Crippen LogP) is 3.87. The molecule has 0 aromatic heterocycles. The quantitative estimate of drug-likeness (QED) is 0.836. The van der Waals surface area contributed by atoms with Crippen molar-refractivity contribution in [1.82, 2.24) is 0 Å². The highest BCUT2D eigenvalue weighted by atomic mass is 35.5. The van der Waals surface area contributed by atoms with Crippen LogP contribution in [0, 0.1) is 0 Å². The molecule has 0 fully saturated rings. The Morgan fingerprint density at radius 3 is 2.57 bits per heavy atom. The molecule has 14 heavy (non-hydrogen) atoms. The molecule has 0 amide bonds. The largest absolute Gasteiger partial charge is 0.396 e. The number of rotatable bonds is 4. The second-order valence-corrected chi connectivity index (χ2v) is 4.18. The average molecular weight is 233 g/mol. The van der Waals surface area contributed by atoms with E-state index >= 15 is 0 Å². The molecular weight excluding hydrogens is 219 g/mol. The van der Waals surface area contributed by atoms with E-state index in [4.69, 9.17) is 23.2 Å². The van der Waals surface area contributed by atoms with E-state index in [1.165, 1.54) is 0 Å². The van der Waals surface area contributed by atoms with Gasteiger partial charge < -0.3 is 5.11 Å². The summed E-state index contributed by atoms with van der Waals surface area (Å²) in [7, 11) is 0. The van der Waals surface area contributed by atoms with Gasteiger partial charge in [0.05, 0.1) is 0 Å². The molecule has 78 valence electrons. The molecule has 1 aromatic carbocycles. The molecule has 0 heterocycles. The Morgan fingerprint density at radius 2 is 2.07 bits per heavy atom. The number of benzene rings is 1. The minimum atomic E-state index is 0.129. The monoisotopic (exact) mass is 232 g/mol. The number of hydrogen-bond donors (Lipinski definition) is 1. The van der Waals surface area contributed by atoms with Crippen LogP contribution in [0.5, 0.6) is 0 Å². The van der Waals surface area contributed by atoms with Crippen LogP contribution in [0.4, 0.5) is 0 Å². The molecule has 0 bridgehead atoms. The third-order valence-electron chi connectivity index (χ3n) is 2.26. The Kier molecular flexibility index (Phi) is 4.73. The first-order valence-electron chi connectivity index (χ1n) is 4.74. The van der Waals surface area contributed by atoms with Gasteiger partial charge in [0, 0.05) is 22.6 Å². The van der Waals surface area contributed by atoms with Gasteiger partial charge in [-0.05, 0) is 24.1 Å². The Hall–Kier alpha value is -0.240. The maximum atomic E-state index is 9.21. The van der Waals surface area contributed by atoms with E-state index in [2.05, 4.69) is 6.92 Å². The Balaban J connectivity index is 2.92. The normalized spacial score (nSPS) is 12.9. The van der Waals surface area contributed by atoms with Gasteiger partial charge in [-0.25, -0.2) is 0 Å². The first-order valence-corrected chi connectivity index (χ1v) is 5.50. The van der Waals surface area contributed by atoms with Crippen molar-refractivity contribution in [3.8, 4) is 0 Å². The summed E-state index contributed by atoms with van der Waals surface area (Å²) in [6.07, 6.45) is 1.97. The van der Waals surface area contributed by atoms with Crippen LogP contribution < -0.4 is 0 Å². The van der Waals surface area contributed by atoms with Crippen molar-refractivity contribution in [3.63, 3.8) is 0 Å². The molecular formula is C11H14Cl2O. The average Bonchev–Trinajstić information content (AvgIpc) is 2.15. The Bertz CT molecular complexity index is 299. The van der Waals surface area contributed by atoms with Crippen molar-refractivity contribution >= 4 is 23.2 Å². The van der Waals surface area contributed by atoms with Crippen molar-refractivity contribution in [1.29, 1.82) is 0 Å². The predicted molar refractivity (Wildman–Crippen MR) is 61.2 cm³/mol. The molecule has 1 atom stereocenters. The zero-order chi connectivity index (χ0) is 10.6. The van der Waals surface area contributed by atoms with Crippen LogP contribution in [0.15, 0.2) is 18.2 Å². The molecule has 3 heteroatoms. The lowest BCUT2D eigenvalue weighted by Crippen LogP contribution is -2.04. The Morgan fingerprint density at radius 1 is 1.36 bits per heavy atom. The summed E-state index contributed by atoms with van der Waals surface area (Å²) in [4.78, 5) is 0. The molecule has 1 rings (SSSR count). The van der Waals surface area contributed by atoms with E-state index < -0.39 is 0 Å². The topological polar surface area (TPSA) is 20.2 Å². The van der Waals surface area contributed by atoms with Crippen molar-refractivity contribution in [2.75, 3.05) is 6.61 Å². The molecule has 0 aliphatic rings. The first-order chi connectivity index (χ1) is 6.69. The zero-order valence-corrected chi connectivity index (χ0v) is 9.65. The highest BCUT2D eigenvalue weighted by Gasteiger charge is 2.12. The van der Waals surface area contributed by atoms with E-state index in [-0.39, 0.29) is 12.5 Å². The summed E-state index contributed by atoms with van der Waals surface area (Å²) in [5.41, 5.74) is 0.986. The number of aliphatic hydroxyl groups excluding tert-OH is 1. The van der Waals surface area contributed by atoms with Gasteiger partial charge >= 0.3 is 0 Å². The van der Waals surface area contributed by atoms with Crippen LogP contribution in [-0.4, -0.2) is 11.7 Å². The fourth-order valence-corrected chi connectivity index (χ4v) is 2.09. The smallest absolute Gasteiger partial charge is 0.0500 e. The highest BCUT2D eigenvalue weighted by molar-refractivity contribution is 6.35. The van der Waals surface area contributed by atoms with Crippen LogP contribution in [0.25, 0.3) is 0 Å². The zero-order valence-electron chi connectivity index (χ0n) is 8.13. The Labute approximate surface area is 94.7 Å². The molecule has 0 spiro atoms. The van der Waals surface area contributed by atoms with Crippen LogP contribution in [0.2, 0.25) is 10.0 Å². The molecule has 1 unspecified atom stereocenters. The van der Waals surface area contributed by atoms with Crippen molar-refractivity contribution < 1.29 is 5.11 Å². The van der Waals surface area contributed by atoms with E-state index in [1.54, 1.807) is 12.1 Å². The second-order valence-electron chi connectivity index (χ2n) is 3.33. The standard InChI is InChI=1S/C11H14Cl2O/c1-2-3-8(7-14)10-5-4-9(12)6-11(10)13/h4-6,8,14H,2-3,7H2,1H3. The van der Waals surface area contributed by atoms with Gasteiger partial charge in [0.1, 0.15) is 0 Å². The minimum absolute atomic E-state index is 0.129. The first kappa shape index (κ1) is 11.8. The van der Waals surface area contributed by atoms with E-state index in [0.29, 0.717) is 10.0 Å². The SMILES string of the molecule is CCCC(CO)c1ccc(Cl)cc1Cl. The number of aliphatic hydroxyl groups is 1. The lowest BCUT2D eigenvalue weighted by Gasteiger charge is -2.15. The van der Waals surface area contributed by atoms with Crippen LogP contribution in [0.3, 0.4) is 0 Å². The molecule has 1 N–H and O–H groups in total. The van der Waals surface area contributed by atoms with E-state index in [0.717, 1.165) is 18.4 Å². The summed E-state index contributed by atoms with van der Waals surface area (Å²) >= 11 is 11.8. The highest BCUT2D eigenvalue weighted by Crippen LogP contribution is 2.29. The molecule has 0 aliphatic heterocycles. The fourth-order valence-electron chi connectivity index (χ4n) is 1.53. The van der Waals surface area contributed by atoms with Gasteiger partial charge in [-0.1, -0.05) is 42.6 Å². The summed E-state index contributed by atoms with van der Waals surface area (Å²) in [6, 6.07) is 5.42. The van der Waals surface area contributed by atoms with Crippen molar-refractivity contribution in [2.45, 2.75) is 25.7 Å². The summed E-state index contributed by atoms with van der Waals surface area (Å²) in [5.74, 6) is 0.129. The van der Waals surface area contributed by atoms with E-state index in [1.807, 2.05) is 6.07 Å². The number of halogens is 2. The van der Waals surface area contributed by atoms with Gasteiger partial charge in [-0.3, -0.25) is 0 Å². The molecule has 0 aliphatic carbocycles. The summed E-state index contributed by atoms with van der Waals surface area (Å²) in [5, 5.41) is 10.5. The fraction of sp³-hybridized carbons (Fsp3) is 0.455. The van der Waals surface area contributed by atoms with Crippen molar-refractivity contribution in [3.05, 3.63) is 33.8 Å².